The summed E-state index contributed by atoms with van der Waals surface area (Å²) in [4.78, 5) is 20.9. The first-order chi connectivity index (χ1) is 29.7. The van der Waals surface area contributed by atoms with E-state index in [1.54, 1.807) is 0 Å². The summed E-state index contributed by atoms with van der Waals surface area (Å²) in [5.74, 6) is 1.75. The number of pyridine rings is 1. The Labute approximate surface area is 344 Å². The van der Waals surface area contributed by atoms with Gasteiger partial charge in [-0.2, -0.15) is 0 Å². The molecule has 0 saturated carbocycles. The Kier molecular flexibility index (Phi) is 7.74. The van der Waals surface area contributed by atoms with E-state index in [4.69, 9.17) is 24.4 Å². The zero-order valence-electron chi connectivity index (χ0n) is 32.2. The number of aromatic nitrogens is 5. The van der Waals surface area contributed by atoms with Crippen LogP contribution < -0.4 is 0 Å². The fourth-order valence-electron chi connectivity index (χ4n) is 8.70. The summed E-state index contributed by atoms with van der Waals surface area (Å²) in [5.41, 5.74) is 12.3. The summed E-state index contributed by atoms with van der Waals surface area (Å²) in [7, 11) is 0. The molecule has 0 aliphatic carbocycles. The number of fused-ring (bicyclic) bond motifs is 8. The second-order valence-corrected chi connectivity index (χ2v) is 15.0. The van der Waals surface area contributed by atoms with Gasteiger partial charge < -0.3 is 8.98 Å². The van der Waals surface area contributed by atoms with Gasteiger partial charge in [-0.1, -0.05) is 164 Å². The van der Waals surface area contributed by atoms with Gasteiger partial charge in [-0.3, -0.25) is 0 Å². The van der Waals surface area contributed by atoms with E-state index < -0.39 is 0 Å². The van der Waals surface area contributed by atoms with Crippen LogP contribution in [0.3, 0.4) is 0 Å². The van der Waals surface area contributed by atoms with Crippen molar-refractivity contribution >= 4 is 54.6 Å². The fraction of sp³-hybridized carbons (Fsp3) is 0. The number of furan rings is 1. The highest BCUT2D eigenvalue weighted by Crippen LogP contribution is 2.42. The minimum atomic E-state index is 0.564. The molecule has 0 aliphatic rings. The Bertz CT molecular complexity index is 3560. The minimum absolute atomic E-state index is 0.564. The van der Waals surface area contributed by atoms with Gasteiger partial charge in [-0.05, 0) is 42.0 Å². The molecule has 6 nitrogen and oxygen atoms in total. The third kappa shape index (κ3) is 5.50. The van der Waals surface area contributed by atoms with E-state index in [1.807, 2.05) is 54.6 Å². The van der Waals surface area contributed by atoms with E-state index in [9.17, 15) is 0 Å². The van der Waals surface area contributed by atoms with Crippen LogP contribution in [-0.2, 0) is 0 Å². The smallest absolute Gasteiger partial charge is 0.164 e. The van der Waals surface area contributed by atoms with E-state index in [0.29, 0.717) is 17.5 Å². The fourth-order valence-corrected chi connectivity index (χ4v) is 8.70. The molecule has 0 atom stereocenters. The van der Waals surface area contributed by atoms with Crippen LogP contribution in [0.5, 0.6) is 0 Å². The predicted molar refractivity (Wildman–Crippen MR) is 244 cm³/mol. The van der Waals surface area contributed by atoms with Crippen molar-refractivity contribution in [2.75, 3.05) is 0 Å². The summed E-state index contributed by atoms with van der Waals surface area (Å²) in [6.45, 7) is 0. The zero-order chi connectivity index (χ0) is 39.6. The molecule has 12 rings (SSSR count). The molecule has 0 unspecified atom stereocenters. The van der Waals surface area contributed by atoms with Gasteiger partial charge in [0.2, 0.25) is 0 Å². The highest BCUT2D eigenvalue weighted by molar-refractivity contribution is 6.22. The summed E-state index contributed by atoms with van der Waals surface area (Å²) in [6.07, 6.45) is 0. The Morgan fingerprint density at radius 2 is 0.883 bits per heavy atom. The standard InChI is InChI=1S/C54H33N5O/c1-3-16-34(17-4-1)40-27-15-28-44-48-43-26-9-12-31-47(43)60-51(48)49(55-50(40)44)36-20-13-21-37(32-36)53-56-52(35-18-5-2-6-19-35)57-54(58-53)38-22-14-23-39(33-38)59-45-29-10-7-24-41(45)42-25-8-11-30-46(42)59/h1-33H. The normalized spacial score (nSPS) is 11.7. The third-order valence-corrected chi connectivity index (χ3v) is 11.4. The molecular formula is C54H33N5O. The molecule has 8 aromatic carbocycles. The quantitative estimate of drug-likeness (QED) is 0.168. The van der Waals surface area contributed by atoms with E-state index in [2.05, 4.69) is 150 Å². The maximum absolute atomic E-state index is 6.68. The first kappa shape index (κ1) is 33.9. The van der Waals surface area contributed by atoms with Gasteiger partial charge in [0, 0.05) is 60.4 Å². The van der Waals surface area contributed by atoms with Crippen molar-refractivity contribution in [1.29, 1.82) is 0 Å². The van der Waals surface area contributed by atoms with Crippen LogP contribution in [0.4, 0.5) is 0 Å². The van der Waals surface area contributed by atoms with Crippen LogP contribution in [-0.4, -0.2) is 24.5 Å². The van der Waals surface area contributed by atoms with Crippen molar-refractivity contribution in [3.63, 3.8) is 0 Å². The summed E-state index contributed by atoms with van der Waals surface area (Å²) >= 11 is 0. The Morgan fingerprint density at radius 1 is 0.367 bits per heavy atom. The van der Waals surface area contributed by atoms with E-state index >= 15 is 0 Å². The maximum atomic E-state index is 6.68. The predicted octanol–water partition coefficient (Wildman–Crippen LogP) is 13.8. The van der Waals surface area contributed by atoms with Crippen molar-refractivity contribution in [2.24, 2.45) is 0 Å². The second kappa shape index (κ2) is 13.7. The molecule has 0 bridgehead atoms. The molecule has 60 heavy (non-hydrogen) atoms. The van der Waals surface area contributed by atoms with Crippen molar-refractivity contribution in [1.82, 2.24) is 24.5 Å². The SMILES string of the molecule is c1ccc(-c2nc(-c3cccc(-c4nc5c(-c6ccccc6)cccc5c5c4oc4ccccc45)c3)nc(-c3cccc(-n4c5ccccc5c5ccccc54)c3)n2)cc1. The Morgan fingerprint density at radius 3 is 1.60 bits per heavy atom. The topological polar surface area (TPSA) is 69.6 Å². The van der Waals surface area contributed by atoms with Gasteiger partial charge in [0.15, 0.2) is 23.1 Å². The summed E-state index contributed by atoms with van der Waals surface area (Å²) in [6, 6.07) is 69.0. The molecule has 280 valence electrons. The molecule has 0 saturated heterocycles. The van der Waals surface area contributed by atoms with Crippen molar-refractivity contribution in [3.8, 4) is 62.2 Å². The van der Waals surface area contributed by atoms with Gasteiger partial charge in [0.25, 0.3) is 0 Å². The highest BCUT2D eigenvalue weighted by atomic mass is 16.3. The monoisotopic (exact) mass is 767 g/mol. The summed E-state index contributed by atoms with van der Waals surface area (Å²) < 4.78 is 9.00. The molecule has 0 amide bonds. The molecule has 4 aromatic heterocycles. The lowest BCUT2D eigenvalue weighted by Gasteiger charge is -2.12. The molecule has 12 aromatic rings. The van der Waals surface area contributed by atoms with Crippen LogP contribution >= 0.6 is 0 Å². The van der Waals surface area contributed by atoms with Crippen LogP contribution in [0, 0.1) is 0 Å². The molecular weight excluding hydrogens is 735 g/mol. The highest BCUT2D eigenvalue weighted by Gasteiger charge is 2.21. The molecule has 4 heterocycles. The molecule has 0 N–H and O–H groups in total. The van der Waals surface area contributed by atoms with Gasteiger partial charge >= 0.3 is 0 Å². The zero-order valence-corrected chi connectivity index (χ0v) is 32.2. The van der Waals surface area contributed by atoms with E-state index in [0.717, 1.165) is 88.6 Å². The average molecular weight is 768 g/mol. The van der Waals surface area contributed by atoms with Crippen LogP contribution in [0.2, 0.25) is 0 Å². The van der Waals surface area contributed by atoms with E-state index in [-0.39, 0.29) is 0 Å². The Balaban J connectivity index is 1.05. The molecule has 0 aliphatic heterocycles. The van der Waals surface area contributed by atoms with Crippen LogP contribution in [0.1, 0.15) is 0 Å². The lowest BCUT2D eigenvalue weighted by atomic mass is 9.97. The number of nitrogens with zero attached hydrogens (tertiary/aromatic N) is 5. The lowest BCUT2D eigenvalue weighted by Crippen LogP contribution is -2.01. The van der Waals surface area contributed by atoms with E-state index in [1.165, 1.54) is 10.8 Å². The van der Waals surface area contributed by atoms with Crippen molar-refractivity contribution < 1.29 is 4.42 Å². The number of hydrogen-bond donors (Lipinski definition) is 0. The Hall–Kier alpha value is -8.22. The lowest BCUT2D eigenvalue weighted by molar-refractivity contribution is 0.669. The van der Waals surface area contributed by atoms with Crippen LogP contribution in [0.25, 0.3) is 117 Å². The molecule has 0 fully saturated rings. The van der Waals surface area contributed by atoms with Gasteiger partial charge in [-0.15, -0.1) is 0 Å². The van der Waals surface area contributed by atoms with Gasteiger partial charge in [0.05, 0.1) is 16.6 Å². The van der Waals surface area contributed by atoms with Gasteiger partial charge in [-0.25, -0.2) is 19.9 Å². The van der Waals surface area contributed by atoms with Gasteiger partial charge in [0.1, 0.15) is 11.3 Å². The number of hydrogen-bond acceptors (Lipinski definition) is 5. The number of benzene rings is 8. The number of para-hydroxylation sites is 4. The third-order valence-electron chi connectivity index (χ3n) is 11.4. The molecule has 0 radical (unpaired) electrons. The van der Waals surface area contributed by atoms with Crippen LogP contribution in [0.15, 0.2) is 205 Å². The first-order valence-electron chi connectivity index (χ1n) is 20.1. The first-order valence-corrected chi connectivity index (χ1v) is 20.1. The average Bonchev–Trinajstić information content (AvgIpc) is 3.88. The largest absolute Gasteiger partial charge is 0.454 e. The number of rotatable bonds is 6. The van der Waals surface area contributed by atoms with Crippen molar-refractivity contribution in [3.05, 3.63) is 200 Å². The molecule has 0 spiro atoms. The summed E-state index contributed by atoms with van der Waals surface area (Å²) in [5, 5.41) is 5.58. The minimum Gasteiger partial charge on any atom is -0.454 e. The van der Waals surface area contributed by atoms with Crippen molar-refractivity contribution in [2.45, 2.75) is 0 Å². The second-order valence-electron chi connectivity index (χ2n) is 15.0. The maximum Gasteiger partial charge on any atom is 0.164 e. The molecule has 6 heteroatoms.